The number of carbonyl (C=O) groups excluding carboxylic acids is 2. The van der Waals surface area contributed by atoms with Crippen LogP contribution >= 0.6 is 0 Å². The van der Waals surface area contributed by atoms with Gasteiger partial charge in [0.2, 0.25) is 5.91 Å². The first-order valence-electron chi connectivity index (χ1n) is 8.06. The minimum absolute atomic E-state index is 0.136. The summed E-state index contributed by atoms with van der Waals surface area (Å²) in [6.45, 7) is 0. The highest BCUT2D eigenvalue weighted by Gasteiger charge is 2.34. The van der Waals surface area contributed by atoms with E-state index < -0.39 is 35.7 Å². The number of primary amides is 1. The molecule has 0 saturated heterocycles. The smallest absolute Gasteiger partial charge is 0.368 e. The molecule has 0 aliphatic heterocycles. The summed E-state index contributed by atoms with van der Waals surface area (Å²) in [5, 5.41) is 2.39. The Morgan fingerprint density at radius 1 is 1.07 bits per heavy atom. The zero-order valence-corrected chi connectivity index (χ0v) is 14.5. The van der Waals surface area contributed by atoms with Crippen LogP contribution < -0.4 is 11.1 Å². The normalized spacial score (nSPS) is 13.6. The second-order valence-corrected chi connectivity index (χ2v) is 5.85. The van der Waals surface area contributed by atoms with Gasteiger partial charge in [-0.05, 0) is 17.2 Å². The molecule has 144 valence electrons. The van der Waals surface area contributed by atoms with Crippen LogP contribution in [0, 0.1) is 0 Å². The van der Waals surface area contributed by atoms with Crippen LogP contribution in [0.25, 0.3) is 0 Å². The van der Waals surface area contributed by atoms with E-state index in [1.165, 1.54) is 25.3 Å². The third-order valence-electron chi connectivity index (χ3n) is 3.98. The molecule has 0 fully saturated rings. The van der Waals surface area contributed by atoms with Crippen molar-refractivity contribution in [1.82, 2.24) is 5.32 Å². The Balaban J connectivity index is 2.22. The molecule has 0 aliphatic carbocycles. The molecule has 0 aliphatic rings. The van der Waals surface area contributed by atoms with E-state index in [1.807, 2.05) is 0 Å². The number of nitrogens with one attached hydrogen (secondary N) is 1. The molecule has 27 heavy (non-hydrogen) atoms. The zero-order chi connectivity index (χ0) is 20.0. The Bertz CT molecular complexity index is 794. The fourth-order valence-electron chi connectivity index (χ4n) is 2.69. The van der Waals surface area contributed by atoms with Crippen molar-refractivity contribution in [3.63, 3.8) is 0 Å². The number of benzene rings is 2. The number of hydrogen-bond donors (Lipinski definition) is 2. The molecule has 2 aromatic carbocycles. The molecule has 0 radical (unpaired) electrons. The van der Waals surface area contributed by atoms with Gasteiger partial charge in [0.15, 0.2) is 6.10 Å². The number of nitrogens with two attached hydrogens (primary N) is 1. The van der Waals surface area contributed by atoms with Crippen LogP contribution in [0.1, 0.15) is 22.8 Å². The van der Waals surface area contributed by atoms with E-state index in [-0.39, 0.29) is 12.0 Å². The molecule has 0 aromatic heterocycles. The summed E-state index contributed by atoms with van der Waals surface area (Å²) in [6, 6.07) is 12.0. The van der Waals surface area contributed by atoms with Gasteiger partial charge in [-0.25, -0.2) is 0 Å². The molecule has 0 spiro atoms. The van der Waals surface area contributed by atoms with E-state index in [9.17, 15) is 22.8 Å². The molecule has 0 heterocycles. The average molecular weight is 380 g/mol. The van der Waals surface area contributed by atoms with Gasteiger partial charge < -0.3 is 15.8 Å². The van der Waals surface area contributed by atoms with Gasteiger partial charge in [-0.1, -0.05) is 48.5 Å². The highest BCUT2D eigenvalue weighted by Crippen LogP contribution is 2.32. The van der Waals surface area contributed by atoms with Crippen molar-refractivity contribution in [1.29, 1.82) is 0 Å². The lowest BCUT2D eigenvalue weighted by Crippen LogP contribution is -2.47. The molecule has 2 atom stereocenters. The highest BCUT2D eigenvalue weighted by molar-refractivity contribution is 5.89. The fraction of sp³-hybridized carbons (Fsp3) is 0.263. The Hall–Kier alpha value is -2.87. The summed E-state index contributed by atoms with van der Waals surface area (Å²) >= 11 is 0. The molecule has 3 N–H and O–H groups in total. The van der Waals surface area contributed by atoms with E-state index >= 15 is 0 Å². The summed E-state index contributed by atoms with van der Waals surface area (Å²) in [6.07, 6.45) is -5.99. The maximum Gasteiger partial charge on any atom is 0.416 e. The van der Waals surface area contributed by atoms with Gasteiger partial charge in [0, 0.05) is 13.5 Å². The first-order valence-corrected chi connectivity index (χ1v) is 8.06. The van der Waals surface area contributed by atoms with Crippen LogP contribution in [-0.4, -0.2) is 25.0 Å². The number of rotatable bonds is 7. The van der Waals surface area contributed by atoms with E-state index in [2.05, 4.69) is 5.32 Å². The van der Waals surface area contributed by atoms with Crippen LogP contribution in [0.5, 0.6) is 0 Å². The molecular weight excluding hydrogens is 361 g/mol. The third-order valence-corrected chi connectivity index (χ3v) is 3.98. The number of halogens is 3. The molecule has 0 saturated carbocycles. The van der Waals surface area contributed by atoms with Crippen molar-refractivity contribution in [2.75, 3.05) is 7.11 Å². The lowest BCUT2D eigenvalue weighted by Gasteiger charge is -2.21. The van der Waals surface area contributed by atoms with Gasteiger partial charge in [-0.3, -0.25) is 9.59 Å². The van der Waals surface area contributed by atoms with Gasteiger partial charge in [-0.15, -0.1) is 0 Å². The maximum atomic E-state index is 13.1. The lowest BCUT2D eigenvalue weighted by atomic mass is 9.99. The molecule has 2 rings (SSSR count). The van der Waals surface area contributed by atoms with Crippen molar-refractivity contribution >= 4 is 11.8 Å². The van der Waals surface area contributed by atoms with Crippen LogP contribution in [0.15, 0.2) is 54.6 Å². The summed E-state index contributed by atoms with van der Waals surface area (Å²) in [4.78, 5) is 24.2. The number of hydrogen-bond acceptors (Lipinski definition) is 3. The molecule has 5 nitrogen and oxygen atoms in total. The Morgan fingerprint density at radius 3 is 2.22 bits per heavy atom. The summed E-state index contributed by atoms with van der Waals surface area (Å²) in [5.74, 6) is -1.61. The van der Waals surface area contributed by atoms with Crippen molar-refractivity contribution in [2.45, 2.75) is 24.7 Å². The Morgan fingerprint density at radius 2 is 1.67 bits per heavy atom. The molecular formula is C19H19F3N2O3. The van der Waals surface area contributed by atoms with Gasteiger partial charge >= 0.3 is 6.18 Å². The van der Waals surface area contributed by atoms with Crippen molar-refractivity contribution in [3.05, 3.63) is 71.3 Å². The van der Waals surface area contributed by atoms with E-state index in [0.717, 1.165) is 6.07 Å². The first-order chi connectivity index (χ1) is 12.7. The standard InChI is InChI=1S/C19H19F3N2O3/c1-27-16(12-7-3-2-4-8-12)18(26)24-15(17(23)25)11-13-9-5-6-10-14(13)19(20,21)22/h2-10,15-16H,11H2,1H3,(H2,23,25)(H,24,26)/t15-,16-/m0/s1. The van der Waals surface area contributed by atoms with Crippen molar-refractivity contribution in [3.8, 4) is 0 Å². The molecule has 2 aromatic rings. The second-order valence-electron chi connectivity index (χ2n) is 5.85. The molecule has 0 bridgehead atoms. The lowest BCUT2D eigenvalue weighted by molar-refractivity contribution is -0.138. The summed E-state index contributed by atoms with van der Waals surface area (Å²) < 4.78 is 44.6. The number of ether oxygens (including phenoxy) is 1. The zero-order valence-electron chi connectivity index (χ0n) is 14.5. The van der Waals surface area contributed by atoms with Gasteiger partial charge in [0.25, 0.3) is 5.91 Å². The Labute approximate surface area is 154 Å². The SMILES string of the molecule is CO[C@H](C(=O)N[C@@H](Cc1ccccc1C(F)(F)F)C(N)=O)c1ccccc1. The van der Waals surface area contributed by atoms with E-state index in [0.29, 0.717) is 5.56 Å². The monoisotopic (exact) mass is 380 g/mol. The molecule has 2 amide bonds. The topological polar surface area (TPSA) is 81.4 Å². The van der Waals surface area contributed by atoms with Crippen LogP contribution in [0.2, 0.25) is 0 Å². The fourth-order valence-corrected chi connectivity index (χ4v) is 2.69. The second kappa shape index (κ2) is 8.68. The first kappa shape index (κ1) is 20.4. The third kappa shape index (κ3) is 5.30. The number of carbonyl (C=O) groups is 2. The summed E-state index contributed by atoms with van der Waals surface area (Å²) in [7, 11) is 1.31. The largest absolute Gasteiger partial charge is 0.416 e. The molecule has 0 unspecified atom stereocenters. The van der Waals surface area contributed by atoms with Gasteiger partial charge in [0.1, 0.15) is 6.04 Å². The number of alkyl halides is 3. The predicted molar refractivity (Wildman–Crippen MR) is 92.5 cm³/mol. The average Bonchev–Trinajstić information content (AvgIpc) is 2.62. The predicted octanol–water partition coefficient (Wildman–Crippen LogP) is 2.61. The maximum absolute atomic E-state index is 13.1. The number of amides is 2. The van der Waals surface area contributed by atoms with Crippen molar-refractivity contribution in [2.24, 2.45) is 5.73 Å². The van der Waals surface area contributed by atoms with Crippen LogP contribution in [0.3, 0.4) is 0 Å². The minimum atomic E-state index is -4.58. The van der Waals surface area contributed by atoms with E-state index in [1.54, 1.807) is 30.3 Å². The minimum Gasteiger partial charge on any atom is -0.368 e. The van der Waals surface area contributed by atoms with Gasteiger partial charge in [0.05, 0.1) is 5.56 Å². The van der Waals surface area contributed by atoms with Crippen LogP contribution in [-0.2, 0) is 26.9 Å². The van der Waals surface area contributed by atoms with Gasteiger partial charge in [-0.2, -0.15) is 13.2 Å². The quantitative estimate of drug-likeness (QED) is 0.775. The Kier molecular flexibility index (Phi) is 6.57. The summed E-state index contributed by atoms with van der Waals surface area (Å²) in [5.41, 5.74) is 4.82. The molecule has 8 heteroatoms. The van der Waals surface area contributed by atoms with Crippen LogP contribution in [0.4, 0.5) is 13.2 Å². The van der Waals surface area contributed by atoms with E-state index in [4.69, 9.17) is 10.5 Å². The van der Waals surface area contributed by atoms with Crippen molar-refractivity contribution < 1.29 is 27.5 Å². The highest BCUT2D eigenvalue weighted by atomic mass is 19.4. The number of methoxy groups -OCH3 is 1.